The van der Waals surface area contributed by atoms with Gasteiger partial charge in [0.05, 0.1) is 5.70 Å². The van der Waals surface area contributed by atoms with Crippen molar-refractivity contribution in [2.45, 2.75) is 25.9 Å². The molecule has 1 atom stereocenters. The Morgan fingerprint density at radius 3 is 2.81 bits per heavy atom. The molecule has 0 amide bonds. The molecule has 1 aromatic rings. The molecule has 1 aromatic heterocycles. The first-order valence-corrected chi connectivity index (χ1v) is 5.21. The average Bonchev–Trinajstić information content (AvgIpc) is 2.26. The van der Waals surface area contributed by atoms with E-state index in [0.29, 0.717) is 12.0 Å². The van der Waals surface area contributed by atoms with Crippen LogP contribution in [0.3, 0.4) is 0 Å². The molecule has 0 bridgehead atoms. The number of carbonyl (C=O) groups is 1. The number of carbonyl (C=O) groups excluding carboxylic acids is 1. The van der Waals surface area contributed by atoms with Crippen molar-refractivity contribution >= 4 is 5.78 Å². The van der Waals surface area contributed by atoms with Gasteiger partial charge in [0, 0.05) is 11.3 Å². The van der Waals surface area contributed by atoms with E-state index in [1.54, 1.807) is 19.1 Å². The minimum atomic E-state index is -1.17. The number of hydrogen-bond donors (Lipinski definition) is 2. The van der Waals surface area contributed by atoms with Crippen LogP contribution in [0.4, 0.5) is 0 Å². The van der Waals surface area contributed by atoms with Gasteiger partial charge in [-0.25, -0.2) is 4.98 Å². The monoisotopic (exact) mass is 218 g/mol. The molecule has 84 valence electrons. The zero-order chi connectivity index (χ0) is 11.9. The maximum atomic E-state index is 11.8. The molecule has 1 heterocycles. The molecule has 0 saturated carbocycles. The molecule has 2 rings (SSSR count). The summed E-state index contributed by atoms with van der Waals surface area (Å²) in [5.74, 6) is -0.308. The maximum Gasteiger partial charge on any atom is 0.227 e. The third-order valence-electron chi connectivity index (χ3n) is 2.91. The van der Waals surface area contributed by atoms with Gasteiger partial charge in [-0.15, -0.1) is 0 Å². The third kappa shape index (κ3) is 1.42. The number of ketones is 1. The zero-order valence-electron chi connectivity index (χ0n) is 9.32. The van der Waals surface area contributed by atoms with Crippen molar-refractivity contribution < 1.29 is 9.90 Å². The number of Topliss-reactive ketones (excluding diaryl/α,β-unsaturated/α-hetero) is 1. The fourth-order valence-corrected chi connectivity index (χ4v) is 1.91. The van der Waals surface area contributed by atoms with E-state index in [-0.39, 0.29) is 17.2 Å². The smallest absolute Gasteiger partial charge is 0.227 e. The summed E-state index contributed by atoms with van der Waals surface area (Å²) in [4.78, 5) is 16.0. The Balaban J connectivity index is 2.70. The maximum absolute atomic E-state index is 11.8. The van der Waals surface area contributed by atoms with Crippen molar-refractivity contribution in [3.8, 4) is 0 Å². The Labute approximate surface area is 93.8 Å². The Bertz CT molecular complexity index is 494. The van der Waals surface area contributed by atoms with E-state index in [2.05, 4.69) is 4.98 Å². The highest BCUT2D eigenvalue weighted by molar-refractivity contribution is 6.09. The standard InChI is InChI=1S/C12H14N2O2/c1-3-12(16)6-9(13)11(15)10-8(12)5-4-7(2)14-10/h4-6,16H,3,13H2,1-2H3. The SMILES string of the molecule is CCC1(O)C=C(N)C(=O)c2nc(C)ccc21. The lowest BCUT2D eigenvalue weighted by Gasteiger charge is -2.29. The van der Waals surface area contributed by atoms with Crippen LogP contribution in [-0.4, -0.2) is 15.9 Å². The molecule has 1 aliphatic carbocycles. The topological polar surface area (TPSA) is 76.2 Å². The highest BCUT2D eigenvalue weighted by atomic mass is 16.3. The summed E-state index contributed by atoms with van der Waals surface area (Å²) in [5.41, 5.74) is 6.04. The molecular weight excluding hydrogens is 204 g/mol. The molecule has 4 heteroatoms. The van der Waals surface area contributed by atoms with Gasteiger partial charge in [-0.05, 0) is 25.5 Å². The molecule has 0 aliphatic heterocycles. The normalized spacial score (nSPS) is 23.9. The van der Waals surface area contributed by atoms with E-state index in [9.17, 15) is 9.90 Å². The fraction of sp³-hybridized carbons (Fsp3) is 0.333. The number of aryl methyl sites for hydroxylation is 1. The van der Waals surface area contributed by atoms with Crippen molar-refractivity contribution in [1.29, 1.82) is 0 Å². The summed E-state index contributed by atoms with van der Waals surface area (Å²) in [5, 5.41) is 10.4. The van der Waals surface area contributed by atoms with Gasteiger partial charge in [-0.2, -0.15) is 0 Å². The van der Waals surface area contributed by atoms with Crippen molar-refractivity contribution in [3.05, 3.63) is 40.9 Å². The number of aromatic nitrogens is 1. The number of fused-ring (bicyclic) bond motifs is 1. The van der Waals surface area contributed by atoms with E-state index < -0.39 is 5.60 Å². The molecule has 0 fully saturated rings. The van der Waals surface area contributed by atoms with E-state index in [4.69, 9.17) is 5.73 Å². The van der Waals surface area contributed by atoms with Gasteiger partial charge in [-0.1, -0.05) is 13.0 Å². The minimum Gasteiger partial charge on any atom is -0.396 e. The van der Waals surface area contributed by atoms with Gasteiger partial charge in [0.15, 0.2) is 0 Å². The molecule has 0 saturated heterocycles. The van der Waals surface area contributed by atoms with Crippen molar-refractivity contribution in [3.63, 3.8) is 0 Å². The van der Waals surface area contributed by atoms with E-state index in [1.807, 2.05) is 6.92 Å². The van der Waals surface area contributed by atoms with Crippen molar-refractivity contribution in [2.75, 3.05) is 0 Å². The van der Waals surface area contributed by atoms with Crippen molar-refractivity contribution in [2.24, 2.45) is 5.73 Å². The first-order valence-electron chi connectivity index (χ1n) is 5.21. The Kier molecular flexibility index (Phi) is 2.31. The van der Waals surface area contributed by atoms with E-state index >= 15 is 0 Å². The van der Waals surface area contributed by atoms with Crippen LogP contribution in [0, 0.1) is 6.92 Å². The van der Waals surface area contributed by atoms with Crippen LogP contribution < -0.4 is 5.73 Å². The minimum absolute atomic E-state index is 0.0648. The molecule has 0 radical (unpaired) electrons. The number of allylic oxidation sites excluding steroid dienone is 1. The van der Waals surface area contributed by atoms with E-state index in [1.165, 1.54) is 6.08 Å². The molecule has 0 spiro atoms. The molecule has 4 nitrogen and oxygen atoms in total. The Hall–Kier alpha value is -1.68. The number of pyridine rings is 1. The molecule has 1 aliphatic rings. The van der Waals surface area contributed by atoms with Gasteiger partial charge in [0.1, 0.15) is 11.3 Å². The lowest BCUT2D eigenvalue weighted by molar-refractivity contribution is 0.0749. The summed E-state index contributed by atoms with van der Waals surface area (Å²) in [7, 11) is 0. The molecule has 3 N–H and O–H groups in total. The number of nitrogens with two attached hydrogens (primary N) is 1. The van der Waals surface area contributed by atoms with Crippen LogP contribution >= 0.6 is 0 Å². The summed E-state index contributed by atoms with van der Waals surface area (Å²) >= 11 is 0. The number of nitrogens with zero attached hydrogens (tertiary/aromatic N) is 1. The van der Waals surface area contributed by atoms with Crippen molar-refractivity contribution in [1.82, 2.24) is 4.98 Å². The average molecular weight is 218 g/mol. The largest absolute Gasteiger partial charge is 0.396 e. The zero-order valence-corrected chi connectivity index (χ0v) is 9.32. The second-order valence-corrected chi connectivity index (χ2v) is 4.06. The lowest BCUT2D eigenvalue weighted by atomic mass is 9.83. The molecule has 1 unspecified atom stereocenters. The highest BCUT2D eigenvalue weighted by Crippen LogP contribution is 2.33. The van der Waals surface area contributed by atoms with Gasteiger partial charge in [-0.3, -0.25) is 4.79 Å². The quantitative estimate of drug-likeness (QED) is 0.738. The summed E-state index contributed by atoms with van der Waals surface area (Å²) in [6, 6.07) is 3.52. The Morgan fingerprint density at radius 2 is 2.19 bits per heavy atom. The number of rotatable bonds is 1. The lowest BCUT2D eigenvalue weighted by Crippen LogP contribution is -2.33. The second kappa shape index (κ2) is 3.42. The first-order chi connectivity index (χ1) is 7.48. The first kappa shape index (κ1) is 10.8. The number of hydrogen-bond acceptors (Lipinski definition) is 4. The van der Waals surface area contributed by atoms with Gasteiger partial charge in [0.25, 0.3) is 0 Å². The predicted octanol–water partition coefficient (Wildman–Crippen LogP) is 1.03. The number of aliphatic hydroxyl groups is 1. The van der Waals surface area contributed by atoms with Crippen LogP contribution in [-0.2, 0) is 5.60 Å². The summed E-state index contributed by atoms with van der Waals surface area (Å²) < 4.78 is 0. The van der Waals surface area contributed by atoms with E-state index in [0.717, 1.165) is 5.69 Å². The van der Waals surface area contributed by atoms with Gasteiger partial charge < -0.3 is 10.8 Å². The van der Waals surface area contributed by atoms with Crippen LogP contribution in [0.1, 0.15) is 35.1 Å². The third-order valence-corrected chi connectivity index (χ3v) is 2.91. The molecule has 0 aromatic carbocycles. The van der Waals surface area contributed by atoms with Crippen LogP contribution in [0.2, 0.25) is 0 Å². The molecule has 16 heavy (non-hydrogen) atoms. The predicted molar refractivity (Wildman–Crippen MR) is 59.8 cm³/mol. The summed E-state index contributed by atoms with van der Waals surface area (Å²) in [6.45, 7) is 3.64. The van der Waals surface area contributed by atoms with Gasteiger partial charge in [0.2, 0.25) is 5.78 Å². The van der Waals surface area contributed by atoms with Crippen LogP contribution in [0.25, 0.3) is 0 Å². The summed E-state index contributed by atoms with van der Waals surface area (Å²) in [6.07, 6.45) is 1.87. The fourth-order valence-electron chi connectivity index (χ4n) is 1.91. The molecular formula is C12H14N2O2. The van der Waals surface area contributed by atoms with Gasteiger partial charge >= 0.3 is 0 Å². The van der Waals surface area contributed by atoms with Crippen LogP contribution in [0.5, 0.6) is 0 Å². The second-order valence-electron chi connectivity index (χ2n) is 4.06. The highest BCUT2D eigenvalue weighted by Gasteiger charge is 2.36. The Morgan fingerprint density at radius 1 is 1.50 bits per heavy atom. The van der Waals surface area contributed by atoms with Crippen LogP contribution in [0.15, 0.2) is 23.9 Å².